The zero-order valence-corrected chi connectivity index (χ0v) is 11.1. The predicted octanol–water partition coefficient (Wildman–Crippen LogP) is 0.847. The van der Waals surface area contributed by atoms with Gasteiger partial charge in [0.2, 0.25) is 0 Å². The Morgan fingerprint density at radius 2 is 1.53 bits per heavy atom. The summed E-state index contributed by atoms with van der Waals surface area (Å²) < 4.78 is 22.8. The van der Waals surface area contributed by atoms with Crippen LogP contribution in [0.3, 0.4) is 0 Å². The quantitative estimate of drug-likeness (QED) is 0.773. The first-order chi connectivity index (χ1) is 8.07. The maximum Gasteiger partial charge on any atom is 0.154 e. The van der Waals surface area contributed by atoms with Crippen LogP contribution >= 0.6 is 0 Å². The Labute approximate surface area is 104 Å². The van der Waals surface area contributed by atoms with E-state index in [4.69, 9.17) is 0 Å². The number of rotatable bonds is 2. The van der Waals surface area contributed by atoms with Gasteiger partial charge in [-0.05, 0) is 12.8 Å². The topological polar surface area (TPSA) is 66.4 Å². The maximum absolute atomic E-state index is 11.4. The fourth-order valence-electron chi connectivity index (χ4n) is 2.91. The molecular weight excluding hydrogens is 238 g/mol. The first-order valence-electron chi connectivity index (χ1n) is 6.71. The highest BCUT2D eigenvalue weighted by atomic mass is 32.2. The third kappa shape index (κ3) is 3.93. The highest BCUT2D eigenvalue weighted by Crippen LogP contribution is 2.20. The van der Waals surface area contributed by atoms with Gasteiger partial charge in [-0.25, -0.2) is 8.42 Å². The van der Waals surface area contributed by atoms with Crippen LogP contribution < -0.4 is 5.32 Å². The van der Waals surface area contributed by atoms with Crippen LogP contribution in [0.1, 0.15) is 44.9 Å². The molecule has 100 valence electrons. The SMILES string of the molecule is O=S1(=O)C[C@H](O)[C@H](NC2CCCCCCC2)C1. The summed E-state index contributed by atoms with van der Waals surface area (Å²) in [6.07, 6.45) is 7.83. The number of aliphatic hydroxyl groups is 1. The van der Waals surface area contributed by atoms with E-state index in [0.29, 0.717) is 6.04 Å². The molecule has 0 aromatic carbocycles. The van der Waals surface area contributed by atoms with E-state index in [1.54, 1.807) is 0 Å². The van der Waals surface area contributed by atoms with Crippen molar-refractivity contribution in [3.63, 3.8) is 0 Å². The molecule has 0 aromatic rings. The van der Waals surface area contributed by atoms with Crippen molar-refractivity contribution >= 4 is 9.84 Å². The molecule has 2 fully saturated rings. The second-order valence-electron chi connectivity index (χ2n) is 5.46. The minimum Gasteiger partial charge on any atom is -0.390 e. The Morgan fingerprint density at radius 1 is 0.941 bits per heavy atom. The van der Waals surface area contributed by atoms with Gasteiger partial charge in [0.1, 0.15) is 0 Å². The molecule has 1 aliphatic carbocycles. The van der Waals surface area contributed by atoms with E-state index in [1.807, 2.05) is 0 Å². The molecular formula is C12H23NO3S. The van der Waals surface area contributed by atoms with Crippen LogP contribution in [0.5, 0.6) is 0 Å². The Balaban J connectivity index is 1.87. The summed E-state index contributed by atoms with van der Waals surface area (Å²) >= 11 is 0. The Kier molecular flexibility index (Phi) is 4.44. The predicted molar refractivity (Wildman–Crippen MR) is 67.7 cm³/mol. The van der Waals surface area contributed by atoms with Crippen molar-refractivity contribution in [2.75, 3.05) is 11.5 Å². The summed E-state index contributed by atoms with van der Waals surface area (Å²) in [6, 6.07) is 0.146. The zero-order chi connectivity index (χ0) is 12.3. The molecule has 0 amide bonds. The van der Waals surface area contributed by atoms with E-state index in [1.165, 1.54) is 32.1 Å². The number of hydrogen-bond acceptors (Lipinski definition) is 4. The summed E-state index contributed by atoms with van der Waals surface area (Å²) in [7, 11) is -3.02. The number of nitrogens with one attached hydrogen (secondary N) is 1. The standard InChI is InChI=1S/C12H23NO3S/c14-12-9-17(15,16)8-11(12)13-10-6-4-2-1-3-5-7-10/h10-14H,1-9H2/t11-,12+/m1/s1. The molecule has 0 bridgehead atoms. The molecule has 1 heterocycles. The van der Waals surface area contributed by atoms with Gasteiger partial charge in [0, 0.05) is 12.1 Å². The number of aliphatic hydroxyl groups excluding tert-OH is 1. The molecule has 1 saturated carbocycles. The van der Waals surface area contributed by atoms with E-state index < -0.39 is 15.9 Å². The number of hydrogen-bond donors (Lipinski definition) is 2. The molecule has 0 aromatic heterocycles. The van der Waals surface area contributed by atoms with Crippen LogP contribution in [-0.4, -0.2) is 43.2 Å². The van der Waals surface area contributed by atoms with Gasteiger partial charge in [-0.3, -0.25) is 0 Å². The minimum absolute atomic E-state index is 0.0720. The lowest BCUT2D eigenvalue weighted by molar-refractivity contribution is 0.155. The third-order valence-electron chi connectivity index (χ3n) is 3.88. The van der Waals surface area contributed by atoms with Crippen molar-refractivity contribution in [1.82, 2.24) is 5.32 Å². The van der Waals surface area contributed by atoms with Crippen LogP contribution in [0.15, 0.2) is 0 Å². The smallest absolute Gasteiger partial charge is 0.154 e. The minimum atomic E-state index is -3.02. The highest BCUT2D eigenvalue weighted by Gasteiger charge is 2.37. The molecule has 5 heteroatoms. The first kappa shape index (κ1) is 13.3. The molecule has 17 heavy (non-hydrogen) atoms. The fraction of sp³-hybridized carbons (Fsp3) is 1.00. The van der Waals surface area contributed by atoms with E-state index in [-0.39, 0.29) is 17.5 Å². The second-order valence-corrected chi connectivity index (χ2v) is 7.61. The Bertz CT molecular complexity index is 334. The monoisotopic (exact) mass is 261 g/mol. The summed E-state index contributed by atoms with van der Waals surface area (Å²) in [4.78, 5) is 0. The van der Waals surface area contributed by atoms with Crippen LogP contribution in [0.25, 0.3) is 0 Å². The molecule has 0 spiro atoms. The van der Waals surface area contributed by atoms with Gasteiger partial charge in [0.15, 0.2) is 9.84 Å². The Morgan fingerprint density at radius 3 is 2.06 bits per heavy atom. The summed E-state index contributed by atoms with van der Waals surface area (Å²) in [6.45, 7) is 0. The maximum atomic E-state index is 11.4. The average Bonchev–Trinajstić information content (AvgIpc) is 2.44. The average molecular weight is 261 g/mol. The lowest BCUT2D eigenvalue weighted by atomic mass is 9.96. The van der Waals surface area contributed by atoms with Gasteiger partial charge in [-0.15, -0.1) is 0 Å². The van der Waals surface area contributed by atoms with E-state index in [2.05, 4.69) is 5.32 Å². The highest BCUT2D eigenvalue weighted by molar-refractivity contribution is 7.91. The normalized spacial score (nSPS) is 35.4. The van der Waals surface area contributed by atoms with Crippen molar-refractivity contribution in [1.29, 1.82) is 0 Å². The largest absolute Gasteiger partial charge is 0.390 e. The molecule has 2 atom stereocenters. The van der Waals surface area contributed by atoms with E-state index in [0.717, 1.165) is 12.8 Å². The first-order valence-corrected chi connectivity index (χ1v) is 8.53. The van der Waals surface area contributed by atoms with Gasteiger partial charge in [0.05, 0.1) is 17.6 Å². The van der Waals surface area contributed by atoms with Crippen molar-refractivity contribution in [2.45, 2.75) is 63.1 Å². The molecule has 1 saturated heterocycles. The molecule has 0 radical (unpaired) electrons. The molecule has 2 rings (SSSR count). The molecule has 0 unspecified atom stereocenters. The molecule has 2 aliphatic rings. The molecule has 1 aliphatic heterocycles. The van der Waals surface area contributed by atoms with E-state index in [9.17, 15) is 13.5 Å². The summed E-state index contributed by atoms with van der Waals surface area (Å²) in [5, 5.41) is 13.1. The van der Waals surface area contributed by atoms with Crippen LogP contribution in [0.2, 0.25) is 0 Å². The van der Waals surface area contributed by atoms with E-state index >= 15 is 0 Å². The third-order valence-corrected chi connectivity index (χ3v) is 5.59. The zero-order valence-electron chi connectivity index (χ0n) is 10.3. The van der Waals surface area contributed by atoms with Crippen molar-refractivity contribution in [2.24, 2.45) is 0 Å². The van der Waals surface area contributed by atoms with Gasteiger partial charge in [-0.1, -0.05) is 32.1 Å². The van der Waals surface area contributed by atoms with Gasteiger partial charge in [0.25, 0.3) is 0 Å². The summed E-state index contributed by atoms with van der Waals surface area (Å²) in [5.74, 6) is 0.0298. The lowest BCUT2D eigenvalue weighted by Gasteiger charge is -2.25. The number of sulfone groups is 1. The van der Waals surface area contributed by atoms with Crippen LogP contribution in [0, 0.1) is 0 Å². The van der Waals surface area contributed by atoms with Gasteiger partial charge >= 0.3 is 0 Å². The lowest BCUT2D eigenvalue weighted by Crippen LogP contribution is -2.45. The van der Waals surface area contributed by atoms with Crippen LogP contribution in [0.4, 0.5) is 0 Å². The summed E-state index contributed by atoms with van der Waals surface area (Å²) in [5.41, 5.74) is 0. The van der Waals surface area contributed by atoms with Gasteiger partial charge in [-0.2, -0.15) is 0 Å². The molecule has 4 nitrogen and oxygen atoms in total. The van der Waals surface area contributed by atoms with Crippen molar-refractivity contribution in [3.8, 4) is 0 Å². The van der Waals surface area contributed by atoms with Crippen LogP contribution in [-0.2, 0) is 9.84 Å². The second kappa shape index (κ2) is 5.67. The van der Waals surface area contributed by atoms with Crippen molar-refractivity contribution in [3.05, 3.63) is 0 Å². The fourth-order valence-corrected chi connectivity index (χ4v) is 4.67. The molecule has 2 N–H and O–H groups in total. The Hall–Kier alpha value is -0.130. The van der Waals surface area contributed by atoms with Gasteiger partial charge < -0.3 is 10.4 Å². The van der Waals surface area contributed by atoms with Crippen molar-refractivity contribution < 1.29 is 13.5 Å².